The minimum absolute atomic E-state index is 0.111. The van der Waals surface area contributed by atoms with E-state index in [2.05, 4.69) is 25.6 Å². The molecule has 8 nitrogen and oxygen atoms in total. The summed E-state index contributed by atoms with van der Waals surface area (Å²) in [6.07, 6.45) is -3.56. The van der Waals surface area contributed by atoms with Crippen LogP contribution < -0.4 is 20.1 Å². The van der Waals surface area contributed by atoms with Gasteiger partial charge < -0.3 is 25.2 Å². The van der Waals surface area contributed by atoms with Gasteiger partial charge in [-0.15, -0.1) is 0 Å². The fraction of sp³-hybridized carbons (Fsp3) is 0.409. The summed E-state index contributed by atoms with van der Waals surface area (Å²) in [5.41, 5.74) is 1.86. The molecule has 0 amide bonds. The molecule has 0 aliphatic carbocycles. The molecule has 0 spiro atoms. The Morgan fingerprint density at radius 2 is 1.94 bits per heavy atom. The van der Waals surface area contributed by atoms with Crippen LogP contribution in [0.25, 0.3) is 11.0 Å². The molecule has 11 heteroatoms. The molecular weight excluding hydrogens is 439 g/mol. The largest absolute Gasteiger partial charge is 0.497 e. The molecule has 1 aromatic carbocycles. The number of fused-ring (bicyclic) bond motifs is 1. The zero-order valence-electron chi connectivity index (χ0n) is 18.3. The third-order valence-corrected chi connectivity index (χ3v) is 4.96. The lowest BCUT2D eigenvalue weighted by Crippen LogP contribution is -2.25. The molecule has 3 aromatic rings. The van der Waals surface area contributed by atoms with Crippen LogP contribution in [0.5, 0.6) is 11.5 Å². The Kier molecular flexibility index (Phi) is 8.10. The number of benzene rings is 1. The lowest BCUT2D eigenvalue weighted by atomic mass is 10.1. The average molecular weight is 465 g/mol. The van der Waals surface area contributed by atoms with Gasteiger partial charge in [0.15, 0.2) is 5.82 Å². The zero-order chi connectivity index (χ0) is 23.8. The van der Waals surface area contributed by atoms with Crippen molar-refractivity contribution in [3.05, 3.63) is 42.1 Å². The fourth-order valence-corrected chi connectivity index (χ4v) is 3.27. The van der Waals surface area contributed by atoms with Gasteiger partial charge in [-0.2, -0.15) is 18.2 Å². The number of hydrogen-bond acceptors (Lipinski definition) is 8. The number of aliphatic hydroxyl groups excluding tert-OH is 1. The summed E-state index contributed by atoms with van der Waals surface area (Å²) in [5.74, 6) is 1.92. The molecule has 3 rings (SSSR count). The molecule has 33 heavy (non-hydrogen) atoms. The highest BCUT2D eigenvalue weighted by molar-refractivity contribution is 5.86. The lowest BCUT2D eigenvalue weighted by Gasteiger charge is -2.19. The van der Waals surface area contributed by atoms with E-state index < -0.39 is 18.6 Å². The minimum Gasteiger partial charge on any atom is -0.497 e. The molecule has 0 saturated heterocycles. The molecule has 0 unspecified atom stereocenters. The molecule has 178 valence electrons. The fourth-order valence-electron chi connectivity index (χ4n) is 3.27. The number of rotatable bonds is 11. The van der Waals surface area contributed by atoms with Crippen molar-refractivity contribution in [2.45, 2.75) is 38.0 Å². The Bertz CT molecular complexity index is 1070. The van der Waals surface area contributed by atoms with Crippen molar-refractivity contribution in [3.8, 4) is 11.5 Å². The number of anilines is 2. The first-order valence-electron chi connectivity index (χ1n) is 10.3. The van der Waals surface area contributed by atoms with Gasteiger partial charge in [-0.05, 0) is 37.1 Å². The van der Waals surface area contributed by atoms with Crippen LogP contribution >= 0.6 is 0 Å². The number of pyridine rings is 1. The van der Waals surface area contributed by atoms with Crippen LogP contribution in [-0.4, -0.2) is 53.1 Å². The number of nitrogens with zero attached hydrogens (tertiary/aromatic N) is 3. The Morgan fingerprint density at radius 1 is 1.12 bits per heavy atom. The first kappa shape index (κ1) is 24.3. The zero-order valence-corrected chi connectivity index (χ0v) is 18.3. The van der Waals surface area contributed by atoms with Gasteiger partial charge in [0.2, 0.25) is 5.95 Å². The van der Waals surface area contributed by atoms with Crippen molar-refractivity contribution in [1.82, 2.24) is 15.0 Å². The van der Waals surface area contributed by atoms with Crippen LogP contribution in [0, 0.1) is 0 Å². The second-order valence-corrected chi connectivity index (χ2v) is 7.33. The van der Waals surface area contributed by atoms with Gasteiger partial charge >= 0.3 is 6.18 Å². The van der Waals surface area contributed by atoms with Crippen molar-refractivity contribution in [2.75, 3.05) is 31.5 Å². The maximum Gasteiger partial charge on any atom is 0.389 e. The quantitative estimate of drug-likeness (QED) is 0.388. The second-order valence-electron chi connectivity index (χ2n) is 7.33. The number of alkyl halides is 3. The average Bonchev–Trinajstić information content (AvgIpc) is 2.81. The van der Waals surface area contributed by atoms with Gasteiger partial charge in [0.1, 0.15) is 17.0 Å². The topological polar surface area (TPSA) is 101 Å². The summed E-state index contributed by atoms with van der Waals surface area (Å²) in [6, 6.07) is 8.30. The van der Waals surface area contributed by atoms with Gasteiger partial charge in [0, 0.05) is 30.8 Å². The predicted molar refractivity (Wildman–Crippen MR) is 119 cm³/mol. The van der Waals surface area contributed by atoms with E-state index >= 15 is 0 Å². The molecule has 2 heterocycles. The summed E-state index contributed by atoms with van der Waals surface area (Å²) in [7, 11) is 3.13. The first-order chi connectivity index (χ1) is 15.8. The number of aromatic nitrogens is 3. The lowest BCUT2D eigenvalue weighted by molar-refractivity contribution is -0.135. The second kappa shape index (κ2) is 11.0. The van der Waals surface area contributed by atoms with Gasteiger partial charge in [0.05, 0.1) is 32.4 Å². The van der Waals surface area contributed by atoms with Crippen LogP contribution in [0.2, 0.25) is 0 Å². The molecule has 2 aromatic heterocycles. The summed E-state index contributed by atoms with van der Waals surface area (Å²) >= 11 is 0. The van der Waals surface area contributed by atoms with Crippen molar-refractivity contribution in [2.24, 2.45) is 0 Å². The van der Waals surface area contributed by atoms with Crippen molar-refractivity contribution < 1.29 is 27.8 Å². The van der Waals surface area contributed by atoms with E-state index in [1.54, 1.807) is 38.6 Å². The van der Waals surface area contributed by atoms with E-state index in [1.165, 1.54) is 0 Å². The normalized spacial score (nSPS) is 12.4. The molecule has 3 N–H and O–H groups in total. The van der Waals surface area contributed by atoms with E-state index in [-0.39, 0.29) is 19.4 Å². The first-order valence-corrected chi connectivity index (χ1v) is 10.3. The Labute approximate surface area is 189 Å². The van der Waals surface area contributed by atoms with E-state index in [1.807, 2.05) is 12.1 Å². The highest BCUT2D eigenvalue weighted by Gasteiger charge is 2.27. The van der Waals surface area contributed by atoms with Crippen LogP contribution in [0.4, 0.5) is 24.9 Å². The molecule has 0 aliphatic rings. The van der Waals surface area contributed by atoms with Crippen molar-refractivity contribution in [1.29, 1.82) is 0 Å². The number of halogens is 3. The third-order valence-electron chi connectivity index (χ3n) is 4.96. The summed E-state index contributed by atoms with van der Waals surface area (Å²) in [5, 5.41) is 15.8. The van der Waals surface area contributed by atoms with E-state index in [0.29, 0.717) is 40.8 Å². The summed E-state index contributed by atoms with van der Waals surface area (Å²) < 4.78 is 48.1. The monoisotopic (exact) mass is 465 g/mol. The Balaban J connectivity index is 1.79. The molecule has 0 radical (unpaired) electrons. The predicted octanol–water partition coefficient (Wildman–Crippen LogP) is 4.16. The molecular formula is C22H26F3N5O3. The van der Waals surface area contributed by atoms with E-state index in [0.717, 1.165) is 5.56 Å². The maximum absolute atomic E-state index is 12.5. The highest BCUT2D eigenvalue weighted by Crippen LogP contribution is 2.27. The van der Waals surface area contributed by atoms with Crippen molar-refractivity contribution in [3.63, 3.8) is 0 Å². The van der Waals surface area contributed by atoms with Gasteiger partial charge in [-0.3, -0.25) is 4.98 Å². The van der Waals surface area contributed by atoms with Gasteiger partial charge in [-0.1, -0.05) is 0 Å². The molecule has 0 saturated carbocycles. The minimum atomic E-state index is -4.23. The van der Waals surface area contributed by atoms with Crippen LogP contribution in [0.1, 0.15) is 24.8 Å². The van der Waals surface area contributed by atoms with Gasteiger partial charge in [0.25, 0.3) is 0 Å². The standard InChI is InChI=1S/C22H26F3N5O3/c1-32-16-8-7-14(18(11-16)33-2)12-27-21-29-17-6-4-10-26-19(17)20(30-21)28-15(13-31)5-3-9-22(23,24)25/h4,6-8,10-11,15,31H,3,5,9,12-13H2,1-2H3,(H2,27,28,29,30)/t15-/m1/s1. The molecule has 0 aliphatic heterocycles. The van der Waals surface area contributed by atoms with Crippen molar-refractivity contribution >= 4 is 22.8 Å². The number of nitrogens with one attached hydrogen (secondary N) is 2. The number of ether oxygens (including phenoxy) is 2. The van der Waals surface area contributed by atoms with Crippen LogP contribution in [0.15, 0.2) is 36.5 Å². The Hall–Kier alpha value is -3.34. The van der Waals surface area contributed by atoms with Crippen LogP contribution in [0.3, 0.4) is 0 Å². The molecule has 0 fully saturated rings. The summed E-state index contributed by atoms with van der Waals surface area (Å²) in [4.78, 5) is 13.2. The number of aliphatic hydroxyl groups is 1. The van der Waals surface area contributed by atoms with E-state index in [9.17, 15) is 18.3 Å². The van der Waals surface area contributed by atoms with Crippen LogP contribution in [-0.2, 0) is 6.54 Å². The third kappa shape index (κ3) is 6.82. The maximum atomic E-state index is 12.5. The van der Waals surface area contributed by atoms with E-state index in [4.69, 9.17) is 9.47 Å². The molecule has 0 bridgehead atoms. The Morgan fingerprint density at radius 3 is 2.64 bits per heavy atom. The SMILES string of the molecule is COc1ccc(CNc2nc(N[C@@H](CO)CCCC(F)(F)F)c3ncccc3n2)c(OC)c1. The molecule has 1 atom stereocenters. The summed E-state index contributed by atoms with van der Waals surface area (Å²) in [6.45, 7) is 0.00931. The van der Waals surface area contributed by atoms with Gasteiger partial charge in [-0.25, -0.2) is 4.98 Å². The highest BCUT2D eigenvalue weighted by atomic mass is 19.4. The smallest absolute Gasteiger partial charge is 0.389 e. The number of hydrogen-bond donors (Lipinski definition) is 3. The number of methoxy groups -OCH3 is 2.